The molecule has 68 valence electrons. The van der Waals surface area contributed by atoms with Crippen LogP contribution in [0.25, 0.3) is 0 Å². The van der Waals surface area contributed by atoms with Crippen molar-refractivity contribution in [3.63, 3.8) is 0 Å². The Bertz CT molecular complexity index is 257. The molecule has 0 fully saturated rings. The molecule has 1 aromatic heterocycles. The van der Waals surface area contributed by atoms with Crippen molar-refractivity contribution in [2.45, 2.75) is 19.4 Å². The van der Waals surface area contributed by atoms with Gasteiger partial charge in [0.05, 0.1) is 12.3 Å². The molecule has 1 aromatic rings. The molecule has 0 saturated carbocycles. The third kappa shape index (κ3) is 2.06. The van der Waals surface area contributed by atoms with Crippen LogP contribution in [-0.4, -0.2) is 27.5 Å². The Labute approximate surface area is 72.0 Å². The van der Waals surface area contributed by atoms with E-state index in [1.807, 2.05) is 20.2 Å². The fourth-order valence-corrected chi connectivity index (χ4v) is 1.17. The summed E-state index contributed by atoms with van der Waals surface area (Å²) in [7, 11) is 1.88. The lowest BCUT2D eigenvalue weighted by molar-refractivity contribution is 0.264. The van der Waals surface area contributed by atoms with E-state index in [0.717, 1.165) is 11.3 Å². The van der Waals surface area contributed by atoms with Crippen LogP contribution in [0.4, 0.5) is 0 Å². The maximum atomic E-state index is 8.73. The molecular formula is C8H15N3O. The lowest BCUT2D eigenvalue weighted by Crippen LogP contribution is -2.27. The monoisotopic (exact) mass is 169 g/mol. The van der Waals surface area contributed by atoms with Crippen LogP contribution in [0, 0.1) is 6.92 Å². The predicted octanol–water partition coefficient (Wildman–Crippen LogP) is -0.409. The molecule has 1 atom stereocenters. The highest BCUT2D eigenvalue weighted by molar-refractivity contribution is 5.15. The van der Waals surface area contributed by atoms with Gasteiger partial charge in [-0.25, -0.2) is 0 Å². The molecule has 4 heteroatoms. The molecule has 4 nitrogen and oxygen atoms in total. The van der Waals surface area contributed by atoms with Gasteiger partial charge in [0.15, 0.2) is 0 Å². The number of nitrogens with zero attached hydrogens (tertiary/aromatic N) is 2. The summed E-state index contributed by atoms with van der Waals surface area (Å²) in [5, 5.41) is 13.0. The molecule has 0 spiro atoms. The van der Waals surface area contributed by atoms with E-state index in [4.69, 9.17) is 10.8 Å². The first-order valence-corrected chi connectivity index (χ1v) is 3.99. The van der Waals surface area contributed by atoms with E-state index in [1.165, 1.54) is 0 Å². The van der Waals surface area contributed by atoms with Crippen molar-refractivity contribution in [3.05, 3.63) is 17.5 Å². The predicted molar refractivity (Wildman–Crippen MR) is 46.7 cm³/mol. The average molecular weight is 169 g/mol. The van der Waals surface area contributed by atoms with Crippen LogP contribution in [0.1, 0.15) is 11.3 Å². The van der Waals surface area contributed by atoms with E-state index in [0.29, 0.717) is 6.42 Å². The highest BCUT2D eigenvalue weighted by atomic mass is 16.3. The molecule has 0 aliphatic heterocycles. The van der Waals surface area contributed by atoms with Gasteiger partial charge in [0.2, 0.25) is 0 Å². The first-order chi connectivity index (χ1) is 5.63. The normalized spacial score (nSPS) is 13.3. The van der Waals surface area contributed by atoms with Crippen molar-refractivity contribution < 1.29 is 5.11 Å². The summed E-state index contributed by atoms with van der Waals surface area (Å²) < 4.78 is 1.76. The van der Waals surface area contributed by atoms with Gasteiger partial charge in [-0.3, -0.25) is 4.68 Å². The molecule has 0 saturated heterocycles. The number of aliphatic hydroxyl groups is 1. The number of aryl methyl sites for hydroxylation is 2. The Balaban J connectivity index is 2.68. The highest BCUT2D eigenvalue weighted by Gasteiger charge is 2.07. The van der Waals surface area contributed by atoms with Gasteiger partial charge in [-0.15, -0.1) is 0 Å². The molecule has 0 radical (unpaired) electrons. The Hall–Kier alpha value is -0.870. The van der Waals surface area contributed by atoms with E-state index < -0.39 is 0 Å². The van der Waals surface area contributed by atoms with Gasteiger partial charge in [0.1, 0.15) is 0 Å². The number of rotatable bonds is 3. The zero-order valence-corrected chi connectivity index (χ0v) is 7.49. The first kappa shape index (κ1) is 9.22. The van der Waals surface area contributed by atoms with Crippen molar-refractivity contribution >= 4 is 0 Å². The zero-order chi connectivity index (χ0) is 9.14. The third-order valence-electron chi connectivity index (χ3n) is 1.80. The van der Waals surface area contributed by atoms with Crippen LogP contribution in [0.5, 0.6) is 0 Å². The molecule has 0 bridgehead atoms. The molecule has 1 unspecified atom stereocenters. The van der Waals surface area contributed by atoms with Crippen LogP contribution in [0.15, 0.2) is 6.20 Å². The number of hydrogen-bond acceptors (Lipinski definition) is 3. The Morgan fingerprint density at radius 3 is 2.83 bits per heavy atom. The number of nitrogens with two attached hydrogens (primary N) is 1. The van der Waals surface area contributed by atoms with Gasteiger partial charge in [-0.05, 0) is 12.5 Å². The first-order valence-electron chi connectivity index (χ1n) is 3.99. The maximum absolute atomic E-state index is 8.73. The van der Waals surface area contributed by atoms with E-state index in [9.17, 15) is 0 Å². The minimum atomic E-state index is -0.196. The molecule has 0 aromatic carbocycles. The Morgan fingerprint density at radius 1 is 1.75 bits per heavy atom. The number of hydrogen-bond donors (Lipinski definition) is 2. The van der Waals surface area contributed by atoms with Crippen molar-refractivity contribution in [1.82, 2.24) is 9.78 Å². The number of aliphatic hydroxyl groups excluding tert-OH is 1. The van der Waals surface area contributed by atoms with E-state index >= 15 is 0 Å². The van der Waals surface area contributed by atoms with E-state index in [2.05, 4.69) is 5.10 Å². The number of aromatic nitrogens is 2. The fraction of sp³-hybridized carbons (Fsp3) is 0.625. The van der Waals surface area contributed by atoms with Crippen LogP contribution in [-0.2, 0) is 13.5 Å². The second-order valence-corrected chi connectivity index (χ2v) is 3.08. The van der Waals surface area contributed by atoms with Crippen LogP contribution in [0.3, 0.4) is 0 Å². The minimum Gasteiger partial charge on any atom is -0.395 e. The molecule has 0 aliphatic carbocycles. The van der Waals surface area contributed by atoms with Gasteiger partial charge in [-0.1, -0.05) is 0 Å². The van der Waals surface area contributed by atoms with Gasteiger partial charge in [-0.2, -0.15) is 5.10 Å². The molecular weight excluding hydrogens is 154 g/mol. The summed E-state index contributed by atoms with van der Waals surface area (Å²) in [6.07, 6.45) is 2.59. The van der Waals surface area contributed by atoms with Crippen LogP contribution >= 0.6 is 0 Å². The zero-order valence-electron chi connectivity index (χ0n) is 7.49. The standard InChI is InChI=1S/C8H15N3O/c1-6-4-11(2)10-8(6)3-7(9)5-12/h4,7,12H,3,5,9H2,1-2H3. The summed E-state index contributed by atoms with van der Waals surface area (Å²) in [6, 6.07) is -0.196. The van der Waals surface area contributed by atoms with Crippen LogP contribution in [0.2, 0.25) is 0 Å². The second kappa shape index (κ2) is 3.69. The largest absolute Gasteiger partial charge is 0.395 e. The molecule has 1 rings (SSSR count). The SMILES string of the molecule is Cc1cn(C)nc1CC(N)CO. The molecule has 12 heavy (non-hydrogen) atoms. The summed E-state index contributed by atoms with van der Waals surface area (Å²) in [5.41, 5.74) is 7.68. The summed E-state index contributed by atoms with van der Waals surface area (Å²) in [5.74, 6) is 0. The fourth-order valence-electron chi connectivity index (χ4n) is 1.17. The van der Waals surface area contributed by atoms with Crippen molar-refractivity contribution in [1.29, 1.82) is 0 Å². The topological polar surface area (TPSA) is 64.1 Å². The van der Waals surface area contributed by atoms with Gasteiger partial charge >= 0.3 is 0 Å². The van der Waals surface area contributed by atoms with Crippen molar-refractivity contribution in [3.8, 4) is 0 Å². The third-order valence-corrected chi connectivity index (χ3v) is 1.80. The smallest absolute Gasteiger partial charge is 0.0669 e. The van der Waals surface area contributed by atoms with Gasteiger partial charge < -0.3 is 10.8 Å². The Kier molecular flexibility index (Phi) is 2.83. The molecule has 0 amide bonds. The lowest BCUT2D eigenvalue weighted by atomic mass is 10.1. The molecule has 3 N–H and O–H groups in total. The summed E-state index contributed by atoms with van der Waals surface area (Å²) in [4.78, 5) is 0. The van der Waals surface area contributed by atoms with E-state index in [-0.39, 0.29) is 12.6 Å². The summed E-state index contributed by atoms with van der Waals surface area (Å²) in [6.45, 7) is 2.00. The highest BCUT2D eigenvalue weighted by Crippen LogP contribution is 2.05. The lowest BCUT2D eigenvalue weighted by Gasteiger charge is -2.05. The second-order valence-electron chi connectivity index (χ2n) is 3.08. The van der Waals surface area contributed by atoms with Crippen molar-refractivity contribution in [2.24, 2.45) is 12.8 Å². The maximum Gasteiger partial charge on any atom is 0.0669 e. The van der Waals surface area contributed by atoms with Gasteiger partial charge in [0, 0.05) is 25.7 Å². The minimum absolute atomic E-state index is 0.00993. The summed E-state index contributed by atoms with van der Waals surface area (Å²) >= 11 is 0. The van der Waals surface area contributed by atoms with Crippen molar-refractivity contribution in [2.75, 3.05) is 6.61 Å². The molecule has 0 aliphatic rings. The van der Waals surface area contributed by atoms with Crippen LogP contribution < -0.4 is 5.73 Å². The Morgan fingerprint density at radius 2 is 2.42 bits per heavy atom. The molecule has 1 heterocycles. The van der Waals surface area contributed by atoms with Gasteiger partial charge in [0.25, 0.3) is 0 Å². The average Bonchev–Trinajstić information content (AvgIpc) is 2.30. The van der Waals surface area contributed by atoms with E-state index in [1.54, 1.807) is 4.68 Å². The quantitative estimate of drug-likeness (QED) is 0.646.